The number of halogens is 1. The van der Waals surface area contributed by atoms with E-state index >= 15 is 0 Å². The molecule has 29 heavy (non-hydrogen) atoms. The predicted molar refractivity (Wildman–Crippen MR) is 113 cm³/mol. The third-order valence-electron chi connectivity index (χ3n) is 4.13. The fourth-order valence-corrected chi connectivity index (χ4v) is 2.82. The van der Waals surface area contributed by atoms with E-state index in [1.807, 2.05) is 25.1 Å². The molecule has 0 fully saturated rings. The molecular weight excluding hydrogens is 396 g/mol. The molecule has 0 radical (unpaired) electrons. The van der Waals surface area contributed by atoms with Crippen molar-refractivity contribution in [2.45, 2.75) is 39.5 Å². The molecule has 0 heterocycles. The molecule has 0 spiro atoms. The largest absolute Gasteiger partial charge is 0.490 e. The first-order valence-electron chi connectivity index (χ1n) is 9.56. The van der Waals surface area contributed by atoms with Crippen molar-refractivity contribution < 1.29 is 19.2 Å². The Hall–Kier alpha value is -2.80. The molecule has 0 unspecified atom stereocenters. The summed E-state index contributed by atoms with van der Waals surface area (Å²) < 4.78 is 11.4. The van der Waals surface area contributed by atoms with Crippen molar-refractivity contribution >= 4 is 28.9 Å². The normalized spacial score (nSPS) is 10.4. The van der Waals surface area contributed by atoms with Crippen LogP contribution in [0.4, 0.5) is 11.4 Å². The van der Waals surface area contributed by atoms with Crippen LogP contribution in [0.3, 0.4) is 0 Å². The van der Waals surface area contributed by atoms with Crippen LogP contribution in [0.1, 0.15) is 38.7 Å². The highest BCUT2D eigenvalue weighted by Crippen LogP contribution is 2.30. The molecule has 0 aliphatic heterocycles. The van der Waals surface area contributed by atoms with Crippen LogP contribution >= 0.6 is 11.6 Å². The van der Waals surface area contributed by atoms with Gasteiger partial charge >= 0.3 is 0 Å². The molecule has 0 aliphatic carbocycles. The van der Waals surface area contributed by atoms with Gasteiger partial charge in [0.25, 0.3) is 5.69 Å². The monoisotopic (exact) mass is 420 g/mol. The number of nitro benzene ring substituents is 1. The van der Waals surface area contributed by atoms with E-state index in [0.29, 0.717) is 36.8 Å². The van der Waals surface area contributed by atoms with Crippen LogP contribution in [0, 0.1) is 10.1 Å². The minimum Gasteiger partial charge on any atom is -0.490 e. The second-order valence-corrected chi connectivity index (χ2v) is 6.79. The molecule has 0 atom stereocenters. The molecule has 0 aromatic heterocycles. The molecule has 2 aromatic rings. The van der Waals surface area contributed by atoms with E-state index in [-0.39, 0.29) is 23.0 Å². The molecule has 8 heteroatoms. The van der Waals surface area contributed by atoms with Gasteiger partial charge in [-0.25, -0.2) is 0 Å². The SMILES string of the molecule is CCCCOc1ccc(CCC(=O)Nc2ccc(Cl)c([N+](=O)[O-])c2)cc1OCC. The van der Waals surface area contributed by atoms with Crippen molar-refractivity contribution in [2.24, 2.45) is 0 Å². The summed E-state index contributed by atoms with van der Waals surface area (Å²) in [6.07, 6.45) is 2.74. The van der Waals surface area contributed by atoms with Gasteiger partial charge in [-0.05, 0) is 49.6 Å². The minimum absolute atomic E-state index is 0.0256. The van der Waals surface area contributed by atoms with Crippen molar-refractivity contribution in [3.63, 3.8) is 0 Å². The highest BCUT2D eigenvalue weighted by Gasteiger charge is 2.14. The quantitative estimate of drug-likeness (QED) is 0.298. The highest BCUT2D eigenvalue weighted by atomic mass is 35.5. The summed E-state index contributed by atoms with van der Waals surface area (Å²) in [6, 6.07) is 9.81. The Morgan fingerprint density at radius 1 is 1.14 bits per heavy atom. The van der Waals surface area contributed by atoms with Gasteiger partial charge in [-0.3, -0.25) is 14.9 Å². The molecule has 0 aliphatic rings. The second-order valence-electron chi connectivity index (χ2n) is 6.39. The maximum Gasteiger partial charge on any atom is 0.289 e. The Morgan fingerprint density at radius 3 is 2.62 bits per heavy atom. The molecule has 0 saturated carbocycles. The number of nitrogens with one attached hydrogen (secondary N) is 1. The Labute approximate surface area is 175 Å². The maximum absolute atomic E-state index is 12.2. The topological polar surface area (TPSA) is 90.7 Å². The van der Waals surface area contributed by atoms with Gasteiger partial charge in [-0.2, -0.15) is 0 Å². The fourth-order valence-electron chi connectivity index (χ4n) is 2.63. The van der Waals surface area contributed by atoms with E-state index in [4.69, 9.17) is 21.1 Å². The summed E-state index contributed by atoms with van der Waals surface area (Å²) in [5.41, 5.74) is 1.03. The van der Waals surface area contributed by atoms with Crippen molar-refractivity contribution in [1.82, 2.24) is 0 Å². The third kappa shape index (κ3) is 6.94. The summed E-state index contributed by atoms with van der Waals surface area (Å²) in [5, 5.41) is 13.6. The standard InChI is InChI=1S/C21H25ClN2O5/c1-3-5-12-29-19-10-6-15(13-20(19)28-4-2)7-11-21(25)23-16-8-9-17(22)18(14-16)24(26)27/h6,8-10,13-14H,3-5,7,11-12H2,1-2H3,(H,23,25). The lowest BCUT2D eigenvalue weighted by Gasteiger charge is -2.13. The van der Waals surface area contributed by atoms with Gasteiger partial charge in [0.15, 0.2) is 11.5 Å². The number of aryl methyl sites for hydroxylation is 1. The van der Waals surface area contributed by atoms with Gasteiger partial charge in [0.1, 0.15) is 5.02 Å². The first-order valence-corrected chi connectivity index (χ1v) is 9.94. The third-order valence-corrected chi connectivity index (χ3v) is 4.45. The summed E-state index contributed by atoms with van der Waals surface area (Å²) >= 11 is 5.79. The summed E-state index contributed by atoms with van der Waals surface area (Å²) in [6.45, 7) is 5.15. The number of hydrogen-bond donors (Lipinski definition) is 1. The van der Waals surface area contributed by atoms with Crippen molar-refractivity contribution in [3.8, 4) is 11.5 Å². The first-order chi connectivity index (χ1) is 13.9. The number of carbonyl (C=O) groups excluding carboxylic acids is 1. The van der Waals surface area contributed by atoms with E-state index < -0.39 is 4.92 Å². The van der Waals surface area contributed by atoms with Crippen LogP contribution in [0.5, 0.6) is 11.5 Å². The number of hydrogen-bond acceptors (Lipinski definition) is 5. The van der Waals surface area contributed by atoms with Gasteiger partial charge in [0, 0.05) is 18.2 Å². The number of amides is 1. The number of ether oxygens (including phenoxy) is 2. The molecule has 0 saturated heterocycles. The Bertz CT molecular complexity index is 857. The lowest BCUT2D eigenvalue weighted by molar-refractivity contribution is -0.384. The zero-order chi connectivity index (χ0) is 21.2. The smallest absolute Gasteiger partial charge is 0.289 e. The molecule has 0 bridgehead atoms. The second kappa shape index (κ2) is 11.3. The number of nitrogens with zero attached hydrogens (tertiary/aromatic N) is 1. The van der Waals surface area contributed by atoms with Crippen LogP contribution in [0.15, 0.2) is 36.4 Å². The number of nitro groups is 1. The van der Waals surface area contributed by atoms with E-state index in [0.717, 1.165) is 18.4 Å². The Balaban J connectivity index is 1.98. The average Bonchev–Trinajstić information content (AvgIpc) is 2.69. The van der Waals surface area contributed by atoms with Crippen LogP contribution in [-0.2, 0) is 11.2 Å². The highest BCUT2D eigenvalue weighted by molar-refractivity contribution is 6.32. The van der Waals surface area contributed by atoms with Crippen LogP contribution in [0.2, 0.25) is 5.02 Å². The van der Waals surface area contributed by atoms with Gasteiger partial charge in [-0.15, -0.1) is 0 Å². The van der Waals surface area contributed by atoms with Crippen LogP contribution in [0.25, 0.3) is 0 Å². The lowest BCUT2D eigenvalue weighted by Crippen LogP contribution is -2.12. The van der Waals surface area contributed by atoms with E-state index in [9.17, 15) is 14.9 Å². The molecule has 1 amide bonds. The van der Waals surface area contributed by atoms with Gasteiger partial charge < -0.3 is 14.8 Å². The average molecular weight is 421 g/mol. The van der Waals surface area contributed by atoms with Crippen molar-refractivity contribution in [1.29, 1.82) is 0 Å². The van der Waals surface area contributed by atoms with E-state index in [1.54, 1.807) is 0 Å². The maximum atomic E-state index is 12.2. The zero-order valence-electron chi connectivity index (χ0n) is 16.6. The summed E-state index contributed by atoms with van der Waals surface area (Å²) in [4.78, 5) is 22.6. The molecular formula is C21H25ClN2O5. The lowest BCUT2D eigenvalue weighted by atomic mass is 10.1. The molecule has 2 aromatic carbocycles. The Kier molecular flexibility index (Phi) is 8.73. The van der Waals surface area contributed by atoms with Gasteiger partial charge in [0.2, 0.25) is 5.91 Å². The summed E-state index contributed by atoms with van der Waals surface area (Å²) in [7, 11) is 0. The van der Waals surface area contributed by atoms with E-state index in [1.165, 1.54) is 18.2 Å². The Morgan fingerprint density at radius 2 is 1.93 bits per heavy atom. The fraction of sp³-hybridized carbons (Fsp3) is 0.381. The molecule has 7 nitrogen and oxygen atoms in total. The first kappa shape index (κ1) is 22.5. The van der Waals surface area contributed by atoms with Crippen LogP contribution in [-0.4, -0.2) is 24.0 Å². The number of anilines is 1. The van der Waals surface area contributed by atoms with E-state index in [2.05, 4.69) is 12.2 Å². The number of rotatable bonds is 11. The number of unbranched alkanes of at least 4 members (excludes halogenated alkanes) is 1. The van der Waals surface area contributed by atoms with Crippen molar-refractivity contribution in [3.05, 3.63) is 57.1 Å². The zero-order valence-corrected chi connectivity index (χ0v) is 17.3. The molecule has 156 valence electrons. The number of benzene rings is 2. The van der Waals surface area contributed by atoms with Crippen LogP contribution < -0.4 is 14.8 Å². The predicted octanol–water partition coefficient (Wildman–Crippen LogP) is 5.40. The molecule has 1 N–H and O–H groups in total. The number of carbonyl (C=O) groups is 1. The summed E-state index contributed by atoms with van der Waals surface area (Å²) in [5.74, 6) is 1.11. The molecule has 2 rings (SSSR count). The van der Waals surface area contributed by atoms with Gasteiger partial charge in [-0.1, -0.05) is 31.0 Å². The van der Waals surface area contributed by atoms with Crippen molar-refractivity contribution in [2.75, 3.05) is 18.5 Å². The van der Waals surface area contributed by atoms with Gasteiger partial charge in [0.05, 0.1) is 18.1 Å². The minimum atomic E-state index is -0.586.